The van der Waals surface area contributed by atoms with E-state index >= 15 is 0 Å². The summed E-state index contributed by atoms with van der Waals surface area (Å²) >= 11 is 1.47. The van der Waals surface area contributed by atoms with Gasteiger partial charge in [0, 0.05) is 6.42 Å². The number of phenols is 1. The van der Waals surface area contributed by atoms with E-state index in [4.69, 9.17) is 0 Å². The average Bonchev–Trinajstić information content (AvgIpc) is 2.85. The van der Waals surface area contributed by atoms with Crippen LogP contribution in [-0.4, -0.2) is 64.0 Å². The molecule has 2 aromatic rings. The summed E-state index contributed by atoms with van der Waals surface area (Å²) in [4.78, 5) is 51.0. The summed E-state index contributed by atoms with van der Waals surface area (Å²) in [7, 11) is 0. The molecule has 0 radical (unpaired) electrons. The number of thioether (sulfide) groups is 1. The lowest BCUT2D eigenvalue weighted by Crippen LogP contribution is -2.57. The molecule has 0 aromatic heterocycles. The normalized spacial score (nSPS) is 13.3. The lowest BCUT2D eigenvalue weighted by atomic mass is 10.00. The van der Waals surface area contributed by atoms with Crippen LogP contribution in [0.4, 0.5) is 0 Å². The summed E-state index contributed by atoms with van der Waals surface area (Å²) in [5, 5.41) is 27.5. The minimum absolute atomic E-state index is 0.0372. The molecule has 200 valence electrons. The molecule has 2 aromatic carbocycles. The molecule has 0 aliphatic rings. The van der Waals surface area contributed by atoms with E-state index in [1.807, 2.05) is 12.3 Å². The van der Waals surface area contributed by atoms with Crippen molar-refractivity contribution in [2.24, 2.45) is 5.92 Å². The molecule has 3 amide bonds. The third kappa shape index (κ3) is 9.13. The maximum atomic E-state index is 13.3. The molecular weight excluding hydrogens is 494 g/mol. The Hall–Kier alpha value is -3.53. The summed E-state index contributed by atoms with van der Waals surface area (Å²) < 4.78 is 0. The second kappa shape index (κ2) is 14.3. The van der Waals surface area contributed by atoms with Crippen molar-refractivity contribution in [2.75, 3.05) is 12.0 Å². The van der Waals surface area contributed by atoms with Crippen molar-refractivity contribution in [1.29, 1.82) is 0 Å². The fourth-order valence-corrected chi connectivity index (χ4v) is 4.14. The highest BCUT2D eigenvalue weighted by Gasteiger charge is 2.31. The van der Waals surface area contributed by atoms with Crippen molar-refractivity contribution in [3.63, 3.8) is 0 Å². The van der Waals surface area contributed by atoms with Gasteiger partial charge in [0.1, 0.15) is 23.9 Å². The van der Waals surface area contributed by atoms with Crippen LogP contribution in [0.2, 0.25) is 0 Å². The number of carboxylic acids is 1. The van der Waals surface area contributed by atoms with Crippen LogP contribution >= 0.6 is 11.8 Å². The van der Waals surface area contributed by atoms with Gasteiger partial charge in [-0.25, -0.2) is 4.79 Å². The standard InChI is InChI=1S/C27H35N3O6S/c1-16(2)23(30-24(32)19-14-17(3)10-11-22(19)31)26(34)29-21(15-18-8-6-5-7-9-18)25(33)28-20(27(35)36)12-13-37-4/h5-11,14,16,20-21,23,31H,12-13,15H2,1-4H3,(H,28,33)(H,29,34)(H,30,32)(H,35,36)/t20-,21-,23-/m0/s1. The number of aryl methyl sites for hydroxylation is 1. The molecule has 0 aliphatic carbocycles. The van der Waals surface area contributed by atoms with Gasteiger partial charge < -0.3 is 26.2 Å². The summed E-state index contributed by atoms with van der Waals surface area (Å²) in [6.45, 7) is 5.27. The van der Waals surface area contributed by atoms with Crippen LogP contribution in [0, 0.1) is 12.8 Å². The van der Waals surface area contributed by atoms with Crippen LogP contribution in [0.3, 0.4) is 0 Å². The zero-order valence-electron chi connectivity index (χ0n) is 21.5. The van der Waals surface area contributed by atoms with Gasteiger partial charge >= 0.3 is 5.97 Å². The fraction of sp³-hybridized carbons (Fsp3) is 0.407. The first-order valence-electron chi connectivity index (χ1n) is 12.0. The third-order valence-corrected chi connectivity index (χ3v) is 6.42. The van der Waals surface area contributed by atoms with Gasteiger partial charge in [-0.2, -0.15) is 11.8 Å². The van der Waals surface area contributed by atoms with Gasteiger partial charge in [-0.05, 0) is 49.0 Å². The third-order valence-electron chi connectivity index (χ3n) is 5.77. The number of carbonyl (C=O) groups is 4. The van der Waals surface area contributed by atoms with E-state index in [1.165, 1.54) is 23.9 Å². The minimum Gasteiger partial charge on any atom is -0.507 e. The number of aliphatic carboxylic acids is 1. The van der Waals surface area contributed by atoms with Crippen molar-refractivity contribution >= 4 is 35.5 Å². The summed E-state index contributed by atoms with van der Waals surface area (Å²) in [6, 6.07) is 10.4. The summed E-state index contributed by atoms with van der Waals surface area (Å²) in [6.07, 6.45) is 2.21. The van der Waals surface area contributed by atoms with E-state index in [0.29, 0.717) is 5.75 Å². The number of nitrogens with one attached hydrogen (secondary N) is 3. The first-order valence-corrected chi connectivity index (χ1v) is 13.4. The number of carboxylic acid groups (broad SMARTS) is 1. The lowest BCUT2D eigenvalue weighted by Gasteiger charge is -2.26. The van der Waals surface area contributed by atoms with Crippen LogP contribution < -0.4 is 16.0 Å². The highest BCUT2D eigenvalue weighted by Crippen LogP contribution is 2.19. The second-order valence-electron chi connectivity index (χ2n) is 9.15. The topological polar surface area (TPSA) is 145 Å². The first kappa shape index (κ1) is 29.7. The molecule has 5 N–H and O–H groups in total. The maximum Gasteiger partial charge on any atom is 0.326 e. The number of phenolic OH excluding ortho intramolecular Hbond substituents is 1. The predicted molar refractivity (Wildman–Crippen MR) is 144 cm³/mol. The highest BCUT2D eigenvalue weighted by atomic mass is 32.2. The van der Waals surface area contributed by atoms with Crippen LogP contribution in [0.25, 0.3) is 0 Å². The van der Waals surface area contributed by atoms with Crippen molar-refractivity contribution < 1.29 is 29.4 Å². The van der Waals surface area contributed by atoms with Gasteiger partial charge in [-0.1, -0.05) is 55.8 Å². The zero-order valence-corrected chi connectivity index (χ0v) is 22.3. The smallest absolute Gasteiger partial charge is 0.326 e. The molecule has 0 aliphatic heterocycles. The van der Waals surface area contributed by atoms with E-state index in [-0.39, 0.29) is 30.1 Å². The largest absolute Gasteiger partial charge is 0.507 e. The van der Waals surface area contributed by atoms with E-state index in [0.717, 1.165) is 11.1 Å². The lowest BCUT2D eigenvalue weighted by molar-refractivity contribution is -0.142. The molecule has 0 unspecified atom stereocenters. The van der Waals surface area contributed by atoms with Gasteiger partial charge in [-0.15, -0.1) is 0 Å². The number of benzene rings is 2. The van der Waals surface area contributed by atoms with Crippen molar-refractivity contribution in [3.05, 3.63) is 65.2 Å². The van der Waals surface area contributed by atoms with Gasteiger partial charge in [-0.3, -0.25) is 14.4 Å². The zero-order chi connectivity index (χ0) is 27.5. The number of aromatic hydroxyl groups is 1. The Balaban J connectivity index is 2.25. The van der Waals surface area contributed by atoms with Gasteiger partial charge in [0.2, 0.25) is 11.8 Å². The predicted octanol–water partition coefficient (Wildman–Crippen LogP) is 2.51. The first-order chi connectivity index (χ1) is 17.5. The Morgan fingerprint density at radius 2 is 1.57 bits per heavy atom. The van der Waals surface area contributed by atoms with Crippen LogP contribution in [0.1, 0.15) is 41.8 Å². The van der Waals surface area contributed by atoms with Gasteiger partial charge in [0.15, 0.2) is 0 Å². The Bertz CT molecular complexity index is 1090. The van der Waals surface area contributed by atoms with E-state index in [9.17, 15) is 29.4 Å². The number of hydrogen-bond acceptors (Lipinski definition) is 6. The monoisotopic (exact) mass is 529 g/mol. The molecule has 0 bridgehead atoms. The molecule has 9 nitrogen and oxygen atoms in total. The molecule has 0 fully saturated rings. The molecule has 0 saturated carbocycles. The number of hydrogen-bond donors (Lipinski definition) is 5. The quantitative estimate of drug-likeness (QED) is 0.268. The number of rotatable bonds is 13. The van der Waals surface area contributed by atoms with Crippen LogP contribution in [0.15, 0.2) is 48.5 Å². The number of carbonyl (C=O) groups excluding carboxylic acids is 3. The second-order valence-corrected chi connectivity index (χ2v) is 10.1. The molecule has 0 spiro atoms. The van der Waals surface area contributed by atoms with E-state index in [1.54, 1.807) is 51.1 Å². The Morgan fingerprint density at radius 3 is 2.16 bits per heavy atom. The molecule has 37 heavy (non-hydrogen) atoms. The van der Waals surface area contributed by atoms with Crippen LogP contribution in [-0.2, 0) is 20.8 Å². The molecular formula is C27H35N3O6S. The minimum atomic E-state index is -1.16. The molecule has 3 atom stereocenters. The van der Waals surface area contributed by atoms with E-state index < -0.39 is 41.8 Å². The van der Waals surface area contributed by atoms with Crippen molar-refractivity contribution in [1.82, 2.24) is 16.0 Å². The molecule has 2 rings (SSSR count). The average molecular weight is 530 g/mol. The summed E-state index contributed by atoms with van der Waals surface area (Å²) in [5.74, 6) is -3.01. The SMILES string of the molecule is CSCC[C@H](NC(=O)[C@H](Cc1ccccc1)NC(=O)[C@@H](NC(=O)c1cc(C)ccc1O)C(C)C)C(=O)O. The number of amides is 3. The molecule has 10 heteroatoms. The Morgan fingerprint density at radius 1 is 0.919 bits per heavy atom. The van der Waals surface area contributed by atoms with Gasteiger partial charge in [0.05, 0.1) is 5.56 Å². The Kier molecular flexibility index (Phi) is 11.5. The van der Waals surface area contributed by atoms with Crippen LogP contribution in [0.5, 0.6) is 5.75 Å². The van der Waals surface area contributed by atoms with E-state index in [2.05, 4.69) is 16.0 Å². The van der Waals surface area contributed by atoms with Crippen molar-refractivity contribution in [3.8, 4) is 5.75 Å². The molecule has 0 heterocycles. The summed E-state index contributed by atoms with van der Waals surface area (Å²) in [5.41, 5.74) is 1.58. The van der Waals surface area contributed by atoms with Gasteiger partial charge in [0.25, 0.3) is 5.91 Å². The molecule has 0 saturated heterocycles. The Labute approximate surface area is 221 Å². The highest BCUT2D eigenvalue weighted by molar-refractivity contribution is 7.98. The van der Waals surface area contributed by atoms with Crippen molar-refractivity contribution in [2.45, 2.75) is 51.7 Å². The fourth-order valence-electron chi connectivity index (χ4n) is 3.67. The maximum absolute atomic E-state index is 13.3.